The van der Waals surface area contributed by atoms with E-state index in [2.05, 4.69) is 4.90 Å². The highest BCUT2D eigenvalue weighted by Crippen LogP contribution is 2.28. The predicted molar refractivity (Wildman–Crippen MR) is 95.5 cm³/mol. The Labute approximate surface area is 153 Å². The first-order valence-corrected chi connectivity index (χ1v) is 9.55. The molecular weight excluding hydrogens is 338 g/mol. The quantitative estimate of drug-likeness (QED) is 0.871. The summed E-state index contributed by atoms with van der Waals surface area (Å²) in [5.41, 5.74) is -0.870. The minimum absolute atomic E-state index is 0.186. The van der Waals surface area contributed by atoms with Crippen LogP contribution in [-0.4, -0.2) is 52.6 Å². The molecule has 6 heteroatoms. The van der Waals surface area contributed by atoms with Gasteiger partial charge < -0.3 is 14.9 Å². The van der Waals surface area contributed by atoms with Crippen molar-refractivity contribution < 1.29 is 18.7 Å². The number of likely N-dealkylation sites (N-methyl/N-ethyl adjacent to an activating group) is 1. The standard InChI is InChI=1S/C20H28F2N2O2/c1-23(16-6-3-2-4-7-16)14-20(26)10-5-11-24(19(20)25)13-15-8-9-17(21)18(22)12-15/h8-9,12,16,26H,2-7,10-11,13-14H2,1H3. The molecule has 1 aromatic rings. The third kappa shape index (κ3) is 4.23. The van der Waals surface area contributed by atoms with Crippen LogP contribution in [0.4, 0.5) is 8.78 Å². The van der Waals surface area contributed by atoms with Crippen molar-refractivity contribution in [3.8, 4) is 0 Å². The molecule has 1 saturated heterocycles. The molecule has 0 aromatic heterocycles. The van der Waals surface area contributed by atoms with E-state index < -0.39 is 17.2 Å². The molecule has 4 nitrogen and oxygen atoms in total. The first-order chi connectivity index (χ1) is 12.4. The molecule has 1 amide bonds. The summed E-state index contributed by atoms with van der Waals surface area (Å²) in [4.78, 5) is 16.6. The van der Waals surface area contributed by atoms with E-state index in [1.807, 2.05) is 7.05 Å². The van der Waals surface area contributed by atoms with Crippen molar-refractivity contribution >= 4 is 5.91 Å². The summed E-state index contributed by atoms with van der Waals surface area (Å²) in [6.45, 7) is 1.03. The number of carbonyl (C=O) groups is 1. The smallest absolute Gasteiger partial charge is 0.256 e. The van der Waals surface area contributed by atoms with Crippen LogP contribution in [-0.2, 0) is 11.3 Å². The number of rotatable bonds is 5. The predicted octanol–water partition coefficient (Wildman–Crippen LogP) is 3.08. The van der Waals surface area contributed by atoms with Crippen LogP contribution in [0.25, 0.3) is 0 Å². The number of hydrogen-bond donors (Lipinski definition) is 1. The van der Waals surface area contributed by atoms with Gasteiger partial charge in [0.05, 0.1) is 0 Å². The van der Waals surface area contributed by atoms with Gasteiger partial charge in [0, 0.05) is 25.7 Å². The summed E-state index contributed by atoms with van der Waals surface area (Å²) in [6.07, 6.45) is 7.02. The van der Waals surface area contributed by atoms with Gasteiger partial charge in [-0.3, -0.25) is 4.79 Å². The van der Waals surface area contributed by atoms with Gasteiger partial charge >= 0.3 is 0 Å². The fourth-order valence-electron chi connectivity index (χ4n) is 4.28. The highest BCUT2D eigenvalue weighted by atomic mass is 19.2. The molecule has 2 fully saturated rings. The molecule has 1 unspecified atom stereocenters. The fourth-order valence-corrected chi connectivity index (χ4v) is 4.28. The van der Waals surface area contributed by atoms with E-state index in [4.69, 9.17) is 0 Å². The molecule has 144 valence electrons. The van der Waals surface area contributed by atoms with Gasteiger partial charge in [-0.15, -0.1) is 0 Å². The van der Waals surface area contributed by atoms with Gasteiger partial charge in [-0.2, -0.15) is 0 Å². The fraction of sp³-hybridized carbons (Fsp3) is 0.650. The van der Waals surface area contributed by atoms with E-state index in [-0.39, 0.29) is 12.5 Å². The van der Waals surface area contributed by atoms with E-state index in [1.165, 1.54) is 25.3 Å². The lowest BCUT2D eigenvalue weighted by atomic mass is 9.88. The van der Waals surface area contributed by atoms with Gasteiger partial charge in [-0.25, -0.2) is 8.78 Å². The molecule has 1 aromatic carbocycles. The van der Waals surface area contributed by atoms with E-state index in [0.29, 0.717) is 37.5 Å². The molecule has 1 N–H and O–H groups in total. The Morgan fingerprint density at radius 2 is 1.92 bits per heavy atom. The maximum atomic E-state index is 13.4. The highest BCUT2D eigenvalue weighted by Gasteiger charge is 2.43. The van der Waals surface area contributed by atoms with E-state index in [0.717, 1.165) is 25.0 Å². The number of benzene rings is 1. The maximum Gasteiger partial charge on any atom is 0.256 e. The zero-order chi connectivity index (χ0) is 18.7. The summed E-state index contributed by atoms with van der Waals surface area (Å²) in [7, 11) is 1.98. The van der Waals surface area contributed by atoms with Crippen molar-refractivity contribution in [2.45, 2.75) is 63.1 Å². The molecule has 1 aliphatic carbocycles. The molecular formula is C20H28F2N2O2. The summed E-state index contributed by atoms with van der Waals surface area (Å²) in [6, 6.07) is 4.09. The Balaban J connectivity index is 1.66. The number of aliphatic hydroxyl groups is 1. The Bertz CT molecular complexity index is 649. The van der Waals surface area contributed by atoms with Crippen LogP contribution in [0.15, 0.2) is 18.2 Å². The average molecular weight is 366 g/mol. The summed E-state index contributed by atoms with van der Waals surface area (Å²) < 4.78 is 26.5. The van der Waals surface area contributed by atoms with Crippen LogP contribution in [0.3, 0.4) is 0 Å². The van der Waals surface area contributed by atoms with Gasteiger partial charge in [-0.05, 0) is 50.4 Å². The van der Waals surface area contributed by atoms with Gasteiger partial charge in [0.1, 0.15) is 0 Å². The van der Waals surface area contributed by atoms with E-state index in [1.54, 1.807) is 4.90 Å². The zero-order valence-electron chi connectivity index (χ0n) is 15.4. The van der Waals surface area contributed by atoms with Crippen molar-refractivity contribution in [3.05, 3.63) is 35.4 Å². The summed E-state index contributed by atoms with van der Waals surface area (Å²) >= 11 is 0. The Morgan fingerprint density at radius 3 is 2.62 bits per heavy atom. The second-order valence-corrected chi connectivity index (χ2v) is 7.82. The molecule has 0 spiro atoms. The van der Waals surface area contributed by atoms with Crippen molar-refractivity contribution in [2.75, 3.05) is 20.1 Å². The van der Waals surface area contributed by atoms with Crippen molar-refractivity contribution in [1.29, 1.82) is 0 Å². The van der Waals surface area contributed by atoms with Crippen molar-refractivity contribution in [2.24, 2.45) is 0 Å². The topological polar surface area (TPSA) is 43.8 Å². The third-order valence-corrected chi connectivity index (χ3v) is 5.77. The minimum Gasteiger partial charge on any atom is -0.379 e. The SMILES string of the molecule is CN(CC1(O)CCCN(Cc2ccc(F)c(F)c2)C1=O)C1CCCCC1. The van der Waals surface area contributed by atoms with Gasteiger partial charge in [0.15, 0.2) is 17.2 Å². The lowest BCUT2D eigenvalue weighted by Crippen LogP contribution is -2.59. The first kappa shape index (κ1) is 19.2. The molecule has 1 aliphatic heterocycles. The average Bonchev–Trinajstić information content (AvgIpc) is 2.63. The number of halogens is 2. The molecule has 26 heavy (non-hydrogen) atoms. The largest absolute Gasteiger partial charge is 0.379 e. The zero-order valence-corrected chi connectivity index (χ0v) is 15.4. The van der Waals surface area contributed by atoms with E-state index in [9.17, 15) is 18.7 Å². The van der Waals surface area contributed by atoms with Gasteiger partial charge in [0.25, 0.3) is 5.91 Å². The molecule has 1 heterocycles. The maximum absolute atomic E-state index is 13.4. The number of carbonyl (C=O) groups excluding carboxylic acids is 1. The lowest BCUT2D eigenvalue weighted by Gasteiger charge is -2.42. The Kier molecular flexibility index (Phi) is 5.92. The molecule has 0 bridgehead atoms. The third-order valence-electron chi connectivity index (χ3n) is 5.77. The Morgan fingerprint density at radius 1 is 1.19 bits per heavy atom. The molecule has 2 aliphatic rings. The number of hydrogen-bond acceptors (Lipinski definition) is 3. The van der Waals surface area contributed by atoms with Gasteiger partial charge in [0.2, 0.25) is 0 Å². The van der Waals surface area contributed by atoms with Crippen LogP contribution in [0.2, 0.25) is 0 Å². The normalized spacial score (nSPS) is 25.1. The number of likely N-dealkylation sites (tertiary alicyclic amines) is 1. The summed E-state index contributed by atoms with van der Waals surface area (Å²) in [5, 5.41) is 11.0. The van der Waals surface area contributed by atoms with Crippen LogP contribution in [0.5, 0.6) is 0 Å². The van der Waals surface area contributed by atoms with Crippen molar-refractivity contribution in [1.82, 2.24) is 9.80 Å². The van der Waals surface area contributed by atoms with Crippen molar-refractivity contribution in [3.63, 3.8) is 0 Å². The van der Waals surface area contributed by atoms with Crippen LogP contribution >= 0.6 is 0 Å². The monoisotopic (exact) mass is 366 g/mol. The molecule has 3 rings (SSSR count). The molecule has 1 saturated carbocycles. The first-order valence-electron chi connectivity index (χ1n) is 9.55. The second kappa shape index (κ2) is 8.01. The second-order valence-electron chi connectivity index (χ2n) is 7.82. The van der Waals surface area contributed by atoms with Crippen LogP contribution in [0, 0.1) is 11.6 Å². The molecule has 0 radical (unpaired) electrons. The van der Waals surface area contributed by atoms with E-state index >= 15 is 0 Å². The number of piperidine rings is 1. The molecule has 1 atom stereocenters. The number of amides is 1. The Hall–Kier alpha value is -1.53. The van der Waals surface area contributed by atoms with Gasteiger partial charge in [-0.1, -0.05) is 25.3 Å². The minimum atomic E-state index is -1.40. The van der Waals surface area contributed by atoms with Crippen LogP contribution < -0.4 is 0 Å². The summed E-state index contributed by atoms with van der Waals surface area (Å²) in [5.74, 6) is -2.13. The highest BCUT2D eigenvalue weighted by molar-refractivity contribution is 5.86. The lowest BCUT2D eigenvalue weighted by molar-refractivity contribution is -0.160. The number of nitrogens with zero attached hydrogens (tertiary/aromatic N) is 2. The van der Waals surface area contributed by atoms with Crippen LogP contribution in [0.1, 0.15) is 50.5 Å².